The van der Waals surface area contributed by atoms with Crippen LogP contribution in [0.15, 0.2) is 24.3 Å². The van der Waals surface area contributed by atoms with Gasteiger partial charge < -0.3 is 5.11 Å². The van der Waals surface area contributed by atoms with Crippen LogP contribution in [-0.2, 0) is 9.84 Å². The summed E-state index contributed by atoms with van der Waals surface area (Å²) < 4.78 is 22.2. The number of rotatable bonds is 6. The van der Waals surface area contributed by atoms with Gasteiger partial charge in [0.2, 0.25) is 0 Å². The van der Waals surface area contributed by atoms with Crippen LogP contribution in [0.3, 0.4) is 0 Å². The molecular formula is C12H16ClNO5S. The summed E-state index contributed by atoms with van der Waals surface area (Å²) in [7, 11) is -3.70. The number of sulfone groups is 1. The first-order valence-electron chi connectivity index (χ1n) is 6.03. The zero-order valence-corrected chi connectivity index (χ0v) is 12.7. The highest BCUT2D eigenvalue weighted by Gasteiger charge is 2.46. The number of aliphatic hydroxyl groups excluding tert-OH is 1. The van der Waals surface area contributed by atoms with E-state index >= 15 is 0 Å². The van der Waals surface area contributed by atoms with E-state index in [-0.39, 0.29) is 23.4 Å². The number of hydrogen-bond donors (Lipinski definition) is 1. The summed E-state index contributed by atoms with van der Waals surface area (Å²) in [5, 5.41) is 20.8. The summed E-state index contributed by atoms with van der Waals surface area (Å²) in [6.07, 6.45) is -1.44. The maximum absolute atomic E-state index is 12.0. The van der Waals surface area contributed by atoms with Crippen LogP contribution < -0.4 is 0 Å². The molecule has 0 aliphatic heterocycles. The fourth-order valence-corrected chi connectivity index (χ4v) is 3.70. The topological polar surface area (TPSA) is 97.5 Å². The number of alkyl halides is 1. The first kappa shape index (κ1) is 16.9. The van der Waals surface area contributed by atoms with Crippen molar-refractivity contribution >= 4 is 27.1 Å². The number of halogens is 1. The summed E-state index contributed by atoms with van der Waals surface area (Å²) >= 11 is 6.13. The minimum absolute atomic E-state index is 0.0167. The Hall–Kier alpha value is -1.18. The first-order chi connectivity index (χ1) is 9.19. The van der Waals surface area contributed by atoms with Gasteiger partial charge in [-0.1, -0.05) is 25.4 Å². The Morgan fingerprint density at radius 2 is 1.85 bits per heavy atom. The number of hydrogen-bond acceptors (Lipinski definition) is 5. The average molecular weight is 322 g/mol. The van der Waals surface area contributed by atoms with Crippen molar-refractivity contribution in [2.45, 2.75) is 30.6 Å². The van der Waals surface area contributed by atoms with Crippen LogP contribution in [0.1, 0.15) is 31.9 Å². The monoisotopic (exact) mass is 321 g/mol. The average Bonchev–Trinajstić information content (AvgIpc) is 2.45. The van der Waals surface area contributed by atoms with Crippen molar-refractivity contribution in [3.8, 4) is 0 Å². The molecule has 1 aromatic rings. The van der Waals surface area contributed by atoms with Crippen LogP contribution in [0.4, 0.5) is 5.69 Å². The van der Waals surface area contributed by atoms with E-state index < -0.39 is 25.1 Å². The largest absolute Gasteiger partial charge is 0.385 e. The molecule has 0 fully saturated rings. The van der Waals surface area contributed by atoms with Gasteiger partial charge in [0.05, 0.1) is 4.92 Å². The summed E-state index contributed by atoms with van der Waals surface area (Å²) in [6, 6.07) is 5.01. The summed E-state index contributed by atoms with van der Waals surface area (Å²) in [5.74, 6) is -0.200. The molecule has 1 N–H and O–H groups in total. The molecule has 0 aliphatic rings. The third-order valence-electron chi connectivity index (χ3n) is 3.21. The molecule has 0 spiro atoms. The highest BCUT2D eigenvalue weighted by atomic mass is 35.5. The Morgan fingerprint density at radius 1 is 1.35 bits per heavy atom. The third kappa shape index (κ3) is 2.94. The molecule has 0 aromatic heterocycles. The maximum Gasteiger partial charge on any atom is 0.269 e. The number of aliphatic hydroxyl groups is 1. The van der Waals surface area contributed by atoms with Crippen molar-refractivity contribution in [3.05, 3.63) is 39.9 Å². The molecule has 0 saturated heterocycles. The lowest BCUT2D eigenvalue weighted by Crippen LogP contribution is -2.39. The zero-order valence-electron chi connectivity index (χ0n) is 11.1. The number of nitrogens with zero attached hydrogens (tertiary/aromatic N) is 1. The van der Waals surface area contributed by atoms with Gasteiger partial charge in [0.15, 0.2) is 14.0 Å². The molecule has 1 aromatic carbocycles. The van der Waals surface area contributed by atoms with Gasteiger partial charge in [-0.05, 0) is 24.1 Å². The SMILES string of the molecule is CC[C@@](Cl)([C@H](O)c1ccc([N+](=O)[O-])cc1)S(=O)(=O)CC. The lowest BCUT2D eigenvalue weighted by Gasteiger charge is -2.30. The van der Waals surface area contributed by atoms with Crippen LogP contribution in [0.25, 0.3) is 0 Å². The molecule has 0 heterocycles. The molecule has 1 rings (SSSR count). The lowest BCUT2D eigenvalue weighted by atomic mass is 10.0. The van der Waals surface area contributed by atoms with Crippen LogP contribution in [0.2, 0.25) is 0 Å². The van der Waals surface area contributed by atoms with E-state index in [1.165, 1.54) is 31.2 Å². The quantitative estimate of drug-likeness (QED) is 0.493. The minimum atomic E-state index is -3.70. The smallest absolute Gasteiger partial charge is 0.269 e. The minimum Gasteiger partial charge on any atom is -0.385 e. The standard InChI is InChI=1S/C12H16ClNO5S/c1-3-12(13,20(18,19)4-2)11(15)9-5-7-10(8-6-9)14(16)17/h5-8,11,15H,3-4H2,1-2H3/t11-,12+/m1/s1. The van der Waals surface area contributed by atoms with E-state index in [0.717, 1.165) is 0 Å². The van der Waals surface area contributed by atoms with Gasteiger partial charge in [0.25, 0.3) is 5.69 Å². The summed E-state index contributed by atoms with van der Waals surface area (Å²) in [5.41, 5.74) is 0.0837. The van der Waals surface area contributed by atoms with E-state index in [2.05, 4.69) is 0 Å². The molecule has 0 unspecified atom stereocenters. The maximum atomic E-state index is 12.0. The van der Waals surface area contributed by atoms with Gasteiger partial charge in [0.1, 0.15) is 6.10 Å². The van der Waals surface area contributed by atoms with Crippen LogP contribution >= 0.6 is 11.6 Å². The fourth-order valence-electron chi connectivity index (χ4n) is 1.85. The molecule has 112 valence electrons. The Kier molecular flexibility index (Phi) is 5.12. The predicted octanol–water partition coefficient (Wildman–Crippen LogP) is 2.41. The van der Waals surface area contributed by atoms with Gasteiger partial charge in [0, 0.05) is 17.9 Å². The number of nitro benzene ring substituents is 1. The molecule has 0 radical (unpaired) electrons. The Morgan fingerprint density at radius 3 is 2.20 bits per heavy atom. The molecule has 2 atom stereocenters. The van der Waals surface area contributed by atoms with Crippen molar-refractivity contribution < 1.29 is 18.4 Å². The second-order valence-electron chi connectivity index (χ2n) is 4.29. The second kappa shape index (κ2) is 6.07. The molecule has 0 bridgehead atoms. The van der Waals surface area contributed by atoms with E-state index in [9.17, 15) is 23.6 Å². The van der Waals surface area contributed by atoms with Gasteiger partial charge in [-0.2, -0.15) is 0 Å². The highest BCUT2D eigenvalue weighted by Crippen LogP contribution is 2.40. The van der Waals surface area contributed by atoms with Gasteiger partial charge in [-0.15, -0.1) is 0 Å². The van der Waals surface area contributed by atoms with E-state index in [4.69, 9.17) is 11.6 Å². The summed E-state index contributed by atoms with van der Waals surface area (Å²) in [6.45, 7) is 3.01. The van der Waals surface area contributed by atoms with Gasteiger partial charge in [-0.25, -0.2) is 8.42 Å². The third-order valence-corrected chi connectivity index (χ3v) is 6.69. The van der Waals surface area contributed by atoms with Crippen molar-refractivity contribution in [3.63, 3.8) is 0 Å². The Balaban J connectivity index is 3.21. The van der Waals surface area contributed by atoms with Crippen LogP contribution in [-0.4, -0.2) is 28.4 Å². The Labute approximate surface area is 122 Å². The van der Waals surface area contributed by atoms with Crippen molar-refractivity contribution in [2.75, 3.05) is 5.75 Å². The fraction of sp³-hybridized carbons (Fsp3) is 0.500. The highest BCUT2D eigenvalue weighted by molar-refractivity contribution is 7.94. The van der Waals surface area contributed by atoms with Crippen molar-refractivity contribution in [1.82, 2.24) is 0 Å². The van der Waals surface area contributed by atoms with Gasteiger partial charge in [-0.3, -0.25) is 10.1 Å². The van der Waals surface area contributed by atoms with Crippen LogP contribution in [0, 0.1) is 10.1 Å². The molecule has 0 amide bonds. The molecule has 6 nitrogen and oxygen atoms in total. The molecule has 0 aliphatic carbocycles. The molecular weight excluding hydrogens is 306 g/mol. The van der Waals surface area contributed by atoms with Crippen LogP contribution in [0.5, 0.6) is 0 Å². The normalized spacial score (nSPS) is 16.4. The van der Waals surface area contributed by atoms with Crippen molar-refractivity contribution in [1.29, 1.82) is 0 Å². The lowest BCUT2D eigenvalue weighted by molar-refractivity contribution is -0.384. The summed E-state index contributed by atoms with van der Waals surface area (Å²) in [4.78, 5) is 9.99. The van der Waals surface area contributed by atoms with Crippen molar-refractivity contribution in [2.24, 2.45) is 0 Å². The molecule has 8 heteroatoms. The predicted molar refractivity (Wildman–Crippen MR) is 76.4 cm³/mol. The zero-order chi connectivity index (χ0) is 15.6. The number of nitro groups is 1. The Bertz CT molecular complexity index is 586. The van der Waals surface area contributed by atoms with E-state index in [1.807, 2.05) is 0 Å². The second-order valence-corrected chi connectivity index (χ2v) is 7.73. The molecule has 0 saturated carbocycles. The first-order valence-corrected chi connectivity index (χ1v) is 8.06. The molecule has 20 heavy (non-hydrogen) atoms. The number of benzene rings is 1. The van der Waals surface area contributed by atoms with E-state index in [1.54, 1.807) is 6.92 Å². The van der Waals surface area contributed by atoms with E-state index in [0.29, 0.717) is 0 Å². The van der Waals surface area contributed by atoms with Gasteiger partial charge >= 0.3 is 0 Å². The number of non-ortho nitro benzene ring substituents is 1.